The van der Waals surface area contributed by atoms with Gasteiger partial charge in [-0.2, -0.15) is 0 Å². The van der Waals surface area contributed by atoms with Gasteiger partial charge in [-0.05, 0) is 44.9 Å². The number of hydrogen-bond donors (Lipinski definition) is 4. The molecule has 11 heteroatoms. The molecule has 0 aromatic heterocycles. The Balaban J connectivity index is 2.32. The first-order valence-electron chi connectivity index (χ1n) is 13.0. The highest BCUT2D eigenvalue weighted by Crippen LogP contribution is 2.33. The quantitative estimate of drug-likeness (QED) is 0.213. The zero-order chi connectivity index (χ0) is 29.8. The van der Waals surface area contributed by atoms with Crippen LogP contribution in [0.25, 0.3) is 0 Å². The molecule has 1 fully saturated rings. The van der Waals surface area contributed by atoms with Crippen molar-refractivity contribution in [3.8, 4) is 0 Å². The zero-order valence-electron chi connectivity index (χ0n) is 23.6. The molecule has 5 N–H and O–H groups in total. The molecule has 1 unspecified atom stereocenters. The number of carbonyl (C=O) groups is 6. The maximum absolute atomic E-state index is 13.9. The van der Waals surface area contributed by atoms with Crippen molar-refractivity contribution >= 4 is 35.3 Å². The zero-order valence-corrected chi connectivity index (χ0v) is 23.6. The van der Waals surface area contributed by atoms with Gasteiger partial charge in [0.1, 0.15) is 18.1 Å². The summed E-state index contributed by atoms with van der Waals surface area (Å²) in [4.78, 5) is 77.7. The fourth-order valence-electron chi connectivity index (χ4n) is 4.74. The van der Waals surface area contributed by atoms with Crippen LogP contribution in [-0.2, 0) is 24.0 Å². The summed E-state index contributed by atoms with van der Waals surface area (Å²) in [6.07, 6.45) is 4.32. The third-order valence-electron chi connectivity index (χ3n) is 6.99. The minimum Gasteiger partial charge on any atom is -0.363 e. The van der Waals surface area contributed by atoms with E-state index in [2.05, 4.69) is 29.1 Å². The lowest BCUT2D eigenvalue weighted by molar-refractivity contribution is -0.144. The van der Waals surface area contributed by atoms with Crippen LogP contribution in [0.3, 0.4) is 0 Å². The Labute approximate surface area is 229 Å². The lowest BCUT2D eigenvalue weighted by atomic mass is 9.85. The van der Waals surface area contributed by atoms with Crippen molar-refractivity contribution in [1.82, 2.24) is 20.9 Å². The van der Waals surface area contributed by atoms with Crippen molar-refractivity contribution in [3.63, 3.8) is 0 Å². The molecule has 0 aromatic rings. The van der Waals surface area contributed by atoms with E-state index < -0.39 is 65.0 Å². The molecule has 1 heterocycles. The Kier molecular flexibility index (Phi) is 10.0. The number of nitrogens with one attached hydrogen (secondary N) is 3. The maximum Gasteiger partial charge on any atom is 0.316 e. The second-order valence-corrected chi connectivity index (χ2v) is 11.6. The number of allylic oxidation sites excluding steroid dienone is 2. The van der Waals surface area contributed by atoms with Crippen LogP contribution >= 0.6 is 0 Å². The van der Waals surface area contributed by atoms with E-state index in [4.69, 9.17) is 5.73 Å². The Morgan fingerprint density at radius 3 is 2.03 bits per heavy atom. The fraction of sp³-hybridized carbons (Fsp3) is 0.571. The van der Waals surface area contributed by atoms with E-state index in [1.54, 1.807) is 34.6 Å². The number of nitrogens with zero attached hydrogens (tertiary/aromatic N) is 1. The molecule has 214 valence electrons. The molecule has 0 spiro atoms. The molecule has 2 rings (SSSR count). The molecule has 5 atom stereocenters. The van der Waals surface area contributed by atoms with Crippen LogP contribution in [0, 0.1) is 17.3 Å². The van der Waals surface area contributed by atoms with Gasteiger partial charge < -0.3 is 26.6 Å². The molecule has 2 aliphatic rings. The third kappa shape index (κ3) is 8.11. The Morgan fingerprint density at radius 1 is 1.00 bits per heavy atom. The minimum atomic E-state index is -1.15. The van der Waals surface area contributed by atoms with Gasteiger partial charge in [0.2, 0.25) is 17.6 Å². The summed E-state index contributed by atoms with van der Waals surface area (Å²) in [5, 5.41) is 7.86. The molecular weight excluding hydrogens is 502 g/mol. The first-order chi connectivity index (χ1) is 17.9. The Bertz CT molecular complexity index is 1080. The molecule has 1 saturated heterocycles. The molecule has 5 amide bonds. The van der Waals surface area contributed by atoms with E-state index in [0.29, 0.717) is 17.6 Å². The fourth-order valence-corrected chi connectivity index (χ4v) is 4.74. The third-order valence-corrected chi connectivity index (χ3v) is 6.99. The average molecular weight is 544 g/mol. The molecule has 11 nitrogen and oxygen atoms in total. The molecule has 0 bridgehead atoms. The van der Waals surface area contributed by atoms with Gasteiger partial charge in [-0.1, -0.05) is 57.2 Å². The summed E-state index contributed by atoms with van der Waals surface area (Å²) < 4.78 is 0. The van der Waals surface area contributed by atoms with Crippen LogP contribution in [0.5, 0.6) is 0 Å². The number of nitrogens with two attached hydrogens (primary N) is 1. The number of urea groups is 1. The molecule has 0 aromatic carbocycles. The van der Waals surface area contributed by atoms with Crippen LogP contribution in [0.1, 0.15) is 54.4 Å². The molecule has 1 aliphatic heterocycles. The topological polar surface area (TPSA) is 168 Å². The largest absolute Gasteiger partial charge is 0.363 e. The Hall–Kier alpha value is -3.76. The van der Waals surface area contributed by atoms with Gasteiger partial charge in [0, 0.05) is 12.5 Å². The first-order valence-corrected chi connectivity index (χ1v) is 13.0. The molecule has 1 aliphatic carbocycles. The Morgan fingerprint density at radius 2 is 1.59 bits per heavy atom. The van der Waals surface area contributed by atoms with E-state index in [0.717, 1.165) is 0 Å². The molecule has 0 saturated carbocycles. The van der Waals surface area contributed by atoms with Crippen LogP contribution in [0.4, 0.5) is 4.79 Å². The second-order valence-electron chi connectivity index (χ2n) is 11.6. The number of Topliss-reactive ketones (excluding diaryl/α,β-unsaturated/α-hetero) is 2. The smallest absolute Gasteiger partial charge is 0.316 e. The van der Waals surface area contributed by atoms with E-state index in [9.17, 15) is 28.8 Å². The highest BCUT2D eigenvalue weighted by atomic mass is 16.2. The predicted molar refractivity (Wildman–Crippen MR) is 146 cm³/mol. The van der Waals surface area contributed by atoms with Crippen molar-refractivity contribution in [2.45, 2.75) is 78.6 Å². The molecule has 39 heavy (non-hydrogen) atoms. The van der Waals surface area contributed by atoms with Gasteiger partial charge in [0.05, 0.1) is 6.04 Å². The molecule has 0 radical (unpaired) electrons. The van der Waals surface area contributed by atoms with E-state index >= 15 is 0 Å². The van der Waals surface area contributed by atoms with E-state index in [1.807, 2.05) is 12.2 Å². The van der Waals surface area contributed by atoms with Crippen molar-refractivity contribution in [3.05, 3.63) is 36.5 Å². The highest BCUT2D eigenvalue weighted by molar-refractivity contribution is 6.37. The SMILES string of the molecule is C=C(C)[C@H](NC(=O)N[C@H](C(=O)N1CC[C@H](C(=C)C)[C@H]1C(=O)NC(CC1C=C1)C(=O)C(N)=O)C(C)(C)C)C(C)=O. The average Bonchev–Trinajstić information content (AvgIpc) is 3.51. The number of hydrogen-bond acceptors (Lipinski definition) is 6. The second kappa shape index (κ2) is 12.4. The number of ketones is 2. The number of amides is 5. The minimum absolute atomic E-state index is 0.0251. The van der Waals surface area contributed by atoms with Crippen LogP contribution in [0.15, 0.2) is 36.5 Å². The van der Waals surface area contributed by atoms with Gasteiger partial charge in [-0.15, -0.1) is 0 Å². The van der Waals surface area contributed by atoms with Crippen molar-refractivity contribution < 1.29 is 28.8 Å². The monoisotopic (exact) mass is 543 g/mol. The van der Waals surface area contributed by atoms with Gasteiger partial charge in [0.15, 0.2) is 5.78 Å². The summed E-state index contributed by atoms with van der Waals surface area (Å²) in [7, 11) is 0. The van der Waals surface area contributed by atoms with Crippen molar-refractivity contribution in [2.75, 3.05) is 6.54 Å². The standard InChI is InChI=1S/C28H41N5O6/c1-14(2)18-11-12-33(21(18)25(37)30-19(13-17-9-10-17)22(35)24(29)36)26(38)23(28(6,7)8)32-27(39)31-20(15(3)4)16(5)34/h9-10,17-21,23H,1,3,11-13H2,2,4-8H3,(H2,29,36)(H,30,37)(H2,31,32,39)/t18-,19?,20+,21+,23-/m1/s1. The summed E-state index contributed by atoms with van der Waals surface area (Å²) in [6, 6.07) is -4.86. The van der Waals surface area contributed by atoms with Crippen LogP contribution in [-0.4, -0.2) is 70.9 Å². The van der Waals surface area contributed by atoms with E-state index in [1.165, 1.54) is 11.8 Å². The summed E-state index contributed by atoms with van der Waals surface area (Å²) >= 11 is 0. The maximum atomic E-state index is 13.9. The molecular formula is C28H41N5O6. The normalized spacial score (nSPS) is 20.8. The van der Waals surface area contributed by atoms with Gasteiger partial charge in [-0.25, -0.2) is 4.79 Å². The van der Waals surface area contributed by atoms with Gasteiger partial charge >= 0.3 is 6.03 Å². The first kappa shape index (κ1) is 31.5. The summed E-state index contributed by atoms with van der Waals surface area (Å²) in [6.45, 7) is 17.9. The predicted octanol–water partition coefficient (Wildman–Crippen LogP) is 1.14. The van der Waals surface area contributed by atoms with Crippen LogP contribution < -0.4 is 21.7 Å². The van der Waals surface area contributed by atoms with Crippen LogP contribution in [0.2, 0.25) is 0 Å². The number of carbonyl (C=O) groups excluding carboxylic acids is 6. The number of likely N-dealkylation sites (tertiary alicyclic amines) is 1. The van der Waals surface area contributed by atoms with Gasteiger partial charge in [0.25, 0.3) is 5.91 Å². The van der Waals surface area contributed by atoms with Crippen molar-refractivity contribution in [2.24, 2.45) is 23.0 Å². The summed E-state index contributed by atoms with van der Waals surface area (Å²) in [5.41, 5.74) is 5.56. The van der Waals surface area contributed by atoms with Crippen molar-refractivity contribution in [1.29, 1.82) is 0 Å². The highest BCUT2D eigenvalue weighted by Gasteiger charge is 2.47. The number of rotatable bonds is 12. The lowest BCUT2D eigenvalue weighted by Crippen LogP contribution is -2.61. The summed E-state index contributed by atoms with van der Waals surface area (Å²) in [5.74, 6) is -3.91. The number of primary amides is 1. The van der Waals surface area contributed by atoms with Gasteiger partial charge in [-0.3, -0.25) is 24.0 Å². The lowest BCUT2D eigenvalue weighted by Gasteiger charge is -2.36. The van der Waals surface area contributed by atoms with E-state index in [-0.39, 0.29) is 24.7 Å².